The van der Waals surface area contributed by atoms with E-state index in [1.165, 1.54) is 0 Å². The third kappa shape index (κ3) is 6.13. The fourth-order valence-corrected chi connectivity index (χ4v) is 4.11. The summed E-state index contributed by atoms with van der Waals surface area (Å²) < 4.78 is 7.96. The smallest absolute Gasteiger partial charge is 0.254 e. The first kappa shape index (κ1) is 22.5. The standard InChI is InChI=1S/C23H27N5O2S/c1-2-31-28-14-6-7-17(15-28)27-22(25)20(23(26)29)21(24)16-10-12-19(13-11-16)30-18-8-4-3-5-9-18/h2-5,8-13,17,24,27H,1,6-7,14-15,25H2,(H2,26,29)/b22-20+,24-21?. The summed E-state index contributed by atoms with van der Waals surface area (Å²) >= 11 is 1.56. The normalized spacial score (nSPS) is 17.4. The zero-order valence-corrected chi connectivity index (χ0v) is 18.0. The van der Waals surface area contributed by atoms with Gasteiger partial charge in [-0.25, -0.2) is 4.31 Å². The SMILES string of the molecule is C=CSN1CCCC(N/C(N)=C(\C(=N)c2ccc(Oc3ccccc3)cc2)C(N)=O)C1. The van der Waals surface area contributed by atoms with Crippen LogP contribution in [0.3, 0.4) is 0 Å². The predicted molar refractivity (Wildman–Crippen MR) is 126 cm³/mol. The molecule has 8 heteroatoms. The summed E-state index contributed by atoms with van der Waals surface area (Å²) in [6, 6.07) is 16.4. The molecule has 6 N–H and O–H groups in total. The van der Waals surface area contributed by atoms with Gasteiger partial charge in [-0.05, 0) is 54.6 Å². The van der Waals surface area contributed by atoms with Crippen LogP contribution in [0.15, 0.2) is 78.0 Å². The first-order valence-electron chi connectivity index (χ1n) is 9.99. The number of primary amides is 1. The van der Waals surface area contributed by atoms with Crippen molar-refractivity contribution in [1.29, 1.82) is 5.41 Å². The van der Waals surface area contributed by atoms with Gasteiger partial charge in [0.15, 0.2) is 0 Å². The Balaban J connectivity index is 1.73. The van der Waals surface area contributed by atoms with E-state index in [-0.39, 0.29) is 23.1 Å². The van der Waals surface area contributed by atoms with Crippen molar-refractivity contribution in [2.45, 2.75) is 18.9 Å². The van der Waals surface area contributed by atoms with Crippen LogP contribution in [-0.2, 0) is 4.79 Å². The number of amides is 1. The third-order valence-corrected chi connectivity index (χ3v) is 5.63. The number of carbonyl (C=O) groups is 1. The van der Waals surface area contributed by atoms with Crippen molar-refractivity contribution in [1.82, 2.24) is 9.62 Å². The summed E-state index contributed by atoms with van der Waals surface area (Å²) in [6.45, 7) is 5.47. The molecule has 1 amide bonds. The molecule has 2 aromatic rings. The molecule has 1 atom stereocenters. The van der Waals surface area contributed by atoms with E-state index in [9.17, 15) is 4.79 Å². The van der Waals surface area contributed by atoms with Crippen LogP contribution < -0.4 is 21.5 Å². The minimum atomic E-state index is -0.743. The van der Waals surface area contributed by atoms with Gasteiger partial charge < -0.3 is 21.5 Å². The van der Waals surface area contributed by atoms with Gasteiger partial charge in [-0.1, -0.05) is 36.7 Å². The quantitative estimate of drug-likeness (QED) is 0.271. The Morgan fingerprint density at radius 1 is 1.16 bits per heavy atom. The molecule has 1 aliphatic rings. The van der Waals surface area contributed by atoms with E-state index in [0.29, 0.717) is 17.1 Å². The second-order valence-corrected chi connectivity index (χ2v) is 8.17. The van der Waals surface area contributed by atoms with Crippen molar-refractivity contribution in [3.8, 4) is 11.5 Å². The Morgan fingerprint density at radius 3 is 2.48 bits per heavy atom. The van der Waals surface area contributed by atoms with Gasteiger partial charge in [-0.15, -0.1) is 0 Å². The molecule has 0 bridgehead atoms. The van der Waals surface area contributed by atoms with Crippen molar-refractivity contribution in [3.05, 3.63) is 83.5 Å². The maximum Gasteiger partial charge on any atom is 0.254 e. The summed E-state index contributed by atoms with van der Waals surface area (Å²) in [5, 5.41) is 13.5. The van der Waals surface area contributed by atoms with E-state index in [4.69, 9.17) is 21.6 Å². The molecule has 31 heavy (non-hydrogen) atoms. The lowest BCUT2D eigenvalue weighted by molar-refractivity contribution is -0.114. The lowest BCUT2D eigenvalue weighted by Crippen LogP contribution is -2.45. The Hall–Kier alpha value is -3.23. The number of para-hydroxylation sites is 1. The van der Waals surface area contributed by atoms with Crippen molar-refractivity contribution >= 4 is 23.6 Å². The lowest BCUT2D eigenvalue weighted by atomic mass is 10.0. The average Bonchev–Trinajstić information content (AvgIpc) is 2.75. The Kier molecular flexibility index (Phi) is 7.75. The molecular formula is C23H27N5O2S. The number of piperidine rings is 1. The fourth-order valence-electron chi connectivity index (χ4n) is 3.40. The number of carbonyl (C=O) groups excluding carboxylic acids is 1. The second kappa shape index (κ2) is 10.7. The van der Waals surface area contributed by atoms with Crippen LogP contribution in [0.4, 0.5) is 0 Å². The average molecular weight is 438 g/mol. The molecule has 2 aromatic carbocycles. The summed E-state index contributed by atoms with van der Waals surface area (Å²) in [7, 11) is 0. The monoisotopic (exact) mass is 437 g/mol. The molecule has 0 radical (unpaired) electrons. The number of hydrogen-bond donors (Lipinski definition) is 4. The minimum absolute atomic E-state index is 0.0229. The predicted octanol–water partition coefficient (Wildman–Crippen LogP) is 3.35. The van der Waals surface area contributed by atoms with E-state index in [0.717, 1.165) is 25.9 Å². The van der Waals surface area contributed by atoms with Crippen LogP contribution in [0.25, 0.3) is 0 Å². The fraction of sp³-hybridized carbons (Fsp3) is 0.217. The van der Waals surface area contributed by atoms with Gasteiger partial charge in [0.05, 0.1) is 5.71 Å². The van der Waals surface area contributed by atoms with Crippen LogP contribution in [0.1, 0.15) is 18.4 Å². The van der Waals surface area contributed by atoms with Gasteiger partial charge >= 0.3 is 0 Å². The molecule has 1 aliphatic heterocycles. The van der Waals surface area contributed by atoms with Crippen LogP contribution in [-0.4, -0.2) is 35.1 Å². The van der Waals surface area contributed by atoms with Crippen LogP contribution >= 0.6 is 11.9 Å². The Morgan fingerprint density at radius 2 is 1.84 bits per heavy atom. The highest BCUT2D eigenvalue weighted by Crippen LogP contribution is 2.23. The highest BCUT2D eigenvalue weighted by atomic mass is 32.2. The number of benzene rings is 2. The van der Waals surface area contributed by atoms with E-state index in [2.05, 4.69) is 16.2 Å². The number of nitrogens with two attached hydrogens (primary N) is 2. The molecular weight excluding hydrogens is 410 g/mol. The number of rotatable bonds is 9. The summed E-state index contributed by atoms with van der Waals surface area (Å²) in [5.41, 5.74) is 12.2. The molecule has 3 rings (SSSR count). The van der Waals surface area contributed by atoms with E-state index >= 15 is 0 Å². The Labute approximate surface area is 186 Å². The minimum Gasteiger partial charge on any atom is -0.457 e. The maximum absolute atomic E-state index is 12.1. The summed E-state index contributed by atoms with van der Waals surface area (Å²) in [6.07, 6.45) is 1.91. The zero-order chi connectivity index (χ0) is 22.2. The molecule has 7 nitrogen and oxygen atoms in total. The molecule has 0 saturated carbocycles. The molecule has 0 aromatic heterocycles. The number of nitrogens with zero attached hydrogens (tertiary/aromatic N) is 1. The van der Waals surface area contributed by atoms with Gasteiger partial charge in [0.25, 0.3) is 5.91 Å². The van der Waals surface area contributed by atoms with Crippen molar-refractivity contribution in [2.24, 2.45) is 11.5 Å². The number of hydrogen-bond acceptors (Lipinski definition) is 7. The molecule has 1 heterocycles. The number of nitrogens with one attached hydrogen (secondary N) is 2. The van der Waals surface area contributed by atoms with Crippen molar-refractivity contribution < 1.29 is 9.53 Å². The van der Waals surface area contributed by atoms with Crippen LogP contribution in [0, 0.1) is 5.41 Å². The topological polar surface area (TPSA) is 117 Å². The molecule has 1 saturated heterocycles. The molecule has 0 aliphatic carbocycles. The molecule has 1 fully saturated rings. The van der Waals surface area contributed by atoms with E-state index in [1.54, 1.807) is 41.6 Å². The van der Waals surface area contributed by atoms with Crippen molar-refractivity contribution in [3.63, 3.8) is 0 Å². The molecule has 0 spiro atoms. The van der Waals surface area contributed by atoms with Gasteiger partial charge in [0, 0.05) is 24.7 Å². The second-order valence-electron chi connectivity index (χ2n) is 7.11. The van der Waals surface area contributed by atoms with Gasteiger partial charge in [0.1, 0.15) is 22.9 Å². The third-order valence-electron chi connectivity index (χ3n) is 4.85. The number of ether oxygens (including phenoxy) is 1. The van der Waals surface area contributed by atoms with E-state index in [1.807, 2.05) is 30.3 Å². The lowest BCUT2D eigenvalue weighted by Gasteiger charge is -2.32. The molecule has 162 valence electrons. The summed E-state index contributed by atoms with van der Waals surface area (Å²) in [4.78, 5) is 12.1. The van der Waals surface area contributed by atoms with Gasteiger partial charge in [0.2, 0.25) is 0 Å². The van der Waals surface area contributed by atoms with E-state index < -0.39 is 5.91 Å². The largest absolute Gasteiger partial charge is 0.457 e. The zero-order valence-electron chi connectivity index (χ0n) is 17.2. The molecule has 1 unspecified atom stereocenters. The highest BCUT2D eigenvalue weighted by molar-refractivity contribution is 7.99. The van der Waals surface area contributed by atoms with Crippen LogP contribution in [0.5, 0.6) is 11.5 Å². The Bertz CT molecular complexity index is 960. The van der Waals surface area contributed by atoms with Gasteiger partial charge in [-0.3, -0.25) is 10.2 Å². The van der Waals surface area contributed by atoms with Crippen LogP contribution in [0.2, 0.25) is 0 Å². The first-order valence-corrected chi connectivity index (χ1v) is 10.8. The van der Waals surface area contributed by atoms with Gasteiger partial charge in [-0.2, -0.15) is 0 Å². The van der Waals surface area contributed by atoms with Crippen molar-refractivity contribution in [2.75, 3.05) is 13.1 Å². The highest BCUT2D eigenvalue weighted by Gasteiger charge is 2.23. The first-order chi connectivity index (χ1) is 15.0. The summed E-state index contributed by atoms with van der Waals surface area (Å²) in [5.74, 6) is 0.721. The maximum atomic E-state index is 12.1.